The summed E-state index contributed by atoms with van der Waals surface area (Å²) in [5, 5.41) is 13.8. The summed E-state index contributed by atoms with van der Waals surface area (Å²) in [4.78, 5) is 2.97. The maximum absolute atomic E-state index is 13.1. The number of hydrogen-bond donors (Lipinski definition) is 0. The van der Waals surface area contributed by atoms with Crippen LogP contribution in [-0.4, -0.2) is 54.3 Å². The predicted molar refractivity (Wildman–Crippen MR) is 121 cm³/mol. The third-order valence-corrected chi connectivity index (χ3v) is 6.92. The Balaban J connectivity index is 1.45. The monoisotopic (exact) mass is 451 g/mol. The van der Waals surface area contributed by atoms with Gasteiger partial charge in [0.05, 0.1) is 41.4 Å². The normalized spacial score (nSPS) is 18.2. The van der Waals surface area contributed by atoms with E-state index in [4.69, 9.17) is 9.15 Å². The molecular weight excluding hydrogens is 426 g/mol. The molecule has 0 saturated carbocycles. The first kappa shape index (κ1) is 21.0. The van der Waals surface area contributed by atoms with Gasteiger partial charge in [0.25, 0.3) is 0 Å². The van der Waals surface area contributed by atoms with Crippen molar-refractivity contribution in [2.75, 3.05) is 19.7 Å². The number of fused-ring (bicyclic) bond motifs is 1. The Morgan fingerprint density at radius 2 is 2.03 bits per heavy atom. The fraction of sp³-hybridized carbons (Fsp3) is 0.348. The van der Waals surface area contributed by atoms with Crippen molar-refractivity contribution in [3.8, 4) is 11.5 Å². The van der Waals surface area contributed by atoms with Crippen LogP contribution in [0.3, 0.4) is 0 Å². The van der Waals surface area contributed by atoms with Gasteiger partial charge in [-0.2, -0.15) is 9.19 Å². The molecule has 5 rings (SSSR count). The summed E-state index contributed by atoms with van der Waals surface area (Å²) < 4.78 is 26.4. The zero-order chi connectivity index (χ0) is 22.1. The van der Waals surface area contributed by atoms with E-state index in [1.807, 2.05) is 49.4 Å². The van der Waals surface area contributed by atoms with E-state index in [1.54, 1.807) is 6.20 Å². The second-order valence-electron chi connectivity index (χ2n) is 7.96. The van der Waals surface area contributed by atoms with Gasteiger partial charge in [0.1, 0.15) is 0 Å². The summed E-state index contributed by atoms with van der Waals surface area (Å²) in [7, 11) is -1.45. The largest absolute Gasteiger partial charge is 0.419 e. The third kappa shape index (κ3) is 4.11. The van der Waals surface area contributed by atoms with Crippen molar-refractivity contribution in [1.82, 2.24) is 24.3 Å². The van der Waals surface area contributed by atoms with Gasteiger partial charge in [0, 0.05) is 18.5 Å². The van der Waals surface area contributed by atoms with Crippen molar-refractivity contribution >= 4 is 21.9 Å². The fourth-order valence-corrected chi connectivity index (χ4v) is 5.03. The molecule has 0 bridgehead atoms. The number of morpholine rings is 1. The quantitative estimate of drug-likeness (QED) is 0.443. The van der Waals surface area contributed by atoms with Crippen molar-refractivity contribution in [2.24, 2.45) is 0 Å². The molecule has 32 heavy (non-hydrogen) atoms. The molecule has 1 fully saturated rings. The van der Waals surface area contributed by atoms with Crippen molar-refractivity contribution < 1.29 is 13.4 Å². The second-order valence-corrected chi connectivity index (χ2v) is 9.28. The molecule has 1 saturated heterocycles. The highest BCUT2D eigenvalue weighted by Gasteiger charge is 2.22. The Kier molecular flexibility index (Phi) is 5.86. The number of aryl methyl sites for hydroxylation is 1. The summed E-state index contributed by atoms with van der Waals surface area (Å²) in [5.41, 5.74) is 2.56. The first-order valence-electron chi connectivity index (χ1n) is 10.7. The minimum atomic E-state index is -1.45. The molecule has 2 aromatic carbocycles. The van der Waals surface area contributed by atoms with E-state index >= 15 is 0 Å². The lowest BCUT2D eigenvalue weighted by molar-refractivity contribution is -0.0346. The third-order valence-electron chi connectivity index (χ3n) is 5.64. The number of hydrogen-bond acceptors (Lipinski definition) is 7. The lowest BCUT2D eigenvalue weighted by atomic mass is 10.1. The molecule has 0 aliphatic carbocycles. The van der Waals surface area contributed by atoms with E-state index in [2.05, 4.69) is 27.1 Å². The number of benzene rings is 2. The van der Waals surface area contributed by atoms with Crippen molar-refractivity contribution in [1.29, 1.82) is 0 Å². The highest BCUT2D eigenvalue weighted by Crippen LogP contribution is 2.30. The van der Waals surface area contributed by atoms with E-state index in [1.165, 1.54) is 4.09 Å². The Hall–Kier alpha value is -2.88. The van der Waals surface area contributed by atoms with Crippen LogP contribution in [-0.2, 0) is 22.3 Å². The predicted octanol–water partition coefficient (Wildman–Crippen LogP) is 3.58. The average Bonchev–Trinajstić information content (AvgIpc) is 3.46. The van der Waals surface area contributed by atoms with E-state index in [-0.39, 0.29) is 6.10 Å². The molecule has 0 radical (unpaired) electrons. The molecule has 0 spiro atoms. The maximum Gasteiger partial charge on any atom is 0.248 e. The van der Waals surface area contributed by atoms with Gasteiger partial charge in [-0.3, -0.25) is 4.90 Å². The molecule has 166 valence electrons. The maximum atomic E-state index is 13.1. The highest BCUT2D eigenvalue weighted by molar-refractivity contribution is 7.83. The van der Waals surface area contributed by atoms with Crippen LogP contribution >= 0.6 is 0 Å². The lowest BCUT2D eigenvalue weighted by Gasteiger charge is -2.31. The molecule has 2 aromatic heterocycles. The minimum Gasteiger partial charge on any atom is -0.419 e. The summed E-state index contributed by atoms with van der Waals surface area (Å²) in [6.45, 7) is 7.14. The SMILES string of the molecule is CCC1CN(Cc2nnc(-c3cc(C)cc4c3cnn4S(=O)c3ccccc3)o2)CCO1. The molecule has 8 nitrogen and oxygen atoms in total. The molecule has 4 aromatic rings. The summed E-state index contributed by atoms with van der Waals surface area (Å²) in [5.74, 6) is 1.02. The molecule has 0 N–H and O–H groups in total. The van der Waals surface area contributed by atoms with Gasteiger partial charge in [-0.05, 0) is 43.2 Å². The van der Waals surface area contributed by atoms with Crippen LogP contribution in [0.1, 0.15) is 24.8 Å². The standard InChI is InChI=1S/C23H25N5O3S/c1-3-17-14-27(9-10-30-17)15-22-25-26-23(31-22)19-11-16(2)12-21-20(19)13-24-28(21)32(29)18-7-5-4-6-8-18/h4-8,11-13,17H,3,9-10,14-15H2,1-2H3. The Bertz CT molecular complexity index is 1250. The van der Waals surface area contributed by atoms with E-state index in [9.17, 15) is 4.21 Å². The van der Waals surface area contributed by atoms with Crippen LogP contribution in [0.4, 0.5) is 0 Å². The molecular formula is C23H25N5O3S. The molecule has 2 atom stereocenters. The molecule has 3 heterocycles. The first-order valence-corrected chi connectivity index (χ1v) is 11.9. The number of ether oxygens (including phenoxy) is 1. The molecule has 9 heteroatoms. The highest BCUT2D eigenvalue weighted by atomic mass is 32.2. The average molecular weight is 452 g/mol. The van der Waals surface area contributed by atoms with Gasteiger partial charge in [-0.1, -0.05) is 25.1 Å². The van der Waals surface area contributed by atoms with Crippen LogP contribution in [0.2, 0.25) is 0 Å². The zero-order valence-corrected chi connectivity index (χ0v) is 18.9. The first-order chi connectivity index (χ1) is 15.6. The van der Waals surface area contributed by atoms with Gasteiger partial charge < -0.3 is 9.15 Å². The van der Waals surface area contributed by atoms with Gasteiger partial charge >= 0.3 is 0 Å². The second kappa shape index (κ2) is 8.93. The van der Waals surface area contributed by atoms with Gasteiger partial charge in [-0.15, -0.1) is 10.2 Å². The van der Waals surface area contributed by atoms with Crippen LogP contribution in [0.15, 0.2) is 58.0 Å². The Morgan fingerprint density at radius 3 is 2.84 bits per heavy atom. The van der Waals surface area contributed by atoms with Crippen molar-refractivity contribution in [2.45, 2.75) is 37.8 Å². The van der Waals surface area contributed by atoms with Crippen LogP contribution in [0.25, 0.3) is 22.4 Å². The number of nitrogens with zero attached hydrogens (tertiary/aromatic N) is 5. The Morgan fingerprint density at radius 1 is 1.19 bits per heavy atom. The number of rotatable bonds is 6. The fourth-order valence-electron chi connectivity index (χ4n) is 3.98. The van der Waals surface area contributed by atoms with Gasteiger partial charge in [-0.25, -0.2) is 4.21 Å². The van der Waals surface area contributed by atoms with Crippen LogP contribution in [0, 0.1) is 6.92 Å². The van der Waals surface area contributed by atoms with E-state index in [0.717, 1.165) is 48.1 Å². The summed E-state index contributed by atoms with van der Waals surface area (Å²) >= 11 is 0. The van der Waals surface area contributed by atoms with Crippen molar-refractivity contribution in [3.05, 3.63) is 60.1 Å². The van der Waals surface area contributed by atoms with Gasteiger partial charge in [0.15, 0.2) is 11.0 Å². The van der Waals surface area contributed by atoms with E-state index in [0.29, 0.717) is 23.2 Å². The van der Waals surface area contributed by atoms with Crippen LogP contribution < -0.4 is 0 Å². The lowest BCUT2D eigenvalue weighted by Crippen LogP contribution is -2.41. The molecule has 1 aliphatic heterocycles. The smallest absolute Gasteiger partial charge is 0.248 e. The molecule has 2 unspecified atom stereocenters. The van der Waals surface area contributed by atoms with E-state index < -0.39 is 11.0 Å². The van der Waals surface area contributed by atoms with Crippen LogP contribution in [0.5, 0.6) is 0 Å². The zero-order valence-electron chi connectivity index (χ0n) is 18.1. The summed E-state index contributed by atoms with van der Waals surface area (Å²) in [6.07, 6.45) is 2.95. The summed E-state index contributed by atoms with van der Waals surface area (Å²) in [6, 6.07) is 13.3. The van der Waals surface area contributed by atoms with Gasteiger partial charge in [0.2, 0.25) is 11.8 Å². The van der Waals surface area contributed by atoms with Crippen molar-refractivity contribution in [3.63, 3.8) is 0 Å². The molecule has 0 amide bonds. The Labute approximate surface area is 188 Å². The number of aromatic nitrogens is 4. The molecule has 1 aliphatic rings. The topological polar surface area (TPSA) is 86.3 Å². The minimum absolute atomic E-state index is 0.249.